The Bertz CT molecular complexity index is 122. The fourth-order valence-electron chi connectivity index (χ4n) is 1.62. The monoisotopic (exact) mass is 109 g/mol. The van der Waals surface area contributed by atoms with Crippen LogP contribution in [0.3, 0.4) is 0 Å². The minimum absolute atomic E-state index is 0.389. The third-order valence-electron chi connectivity index (χ3n) is 2.36. The first kappa shape index (κ1) is 4.57. The van der Waals surface area contributed by atoms with Crippen molar-refractivity contribution in [2.75, 3.05) is 0 Å². The number of hydrogen-bond acceptors (Lipinski definition) is 1. The van der Waals surface area contributed by atoms with Crippen molar-refractivity contribution in [3.63, 3.8) is 0 Å². The van der Waals surface area contributed by atoms with Crippen LogP contribution in [0.25, 0.3) is 0 Å². The molecule has 0 heterocycles. The molecule has 1 heteroatoms. The van der Waals surface area contributed by atoms with E-state index in [1.807, 2.05) is 0 Å². The zero-order valence-corrected chi connectivity index (χ0v) is 4.88. The Hall–Kier alpha value is -0.300. The highest BCUT2D eigenvalue weighted by molar-refractivity contribution is 5.11. The molecule has 0 aromatic heterocycles. The van der Waals surface area contributed by atoms with Crippen LogP contribution in [0.5, 0.6) is 0 Å². The van der Waals surface area contributed by atoms with Crippen LogP contribution in [0.15, 0.2) is 12.2 Å². The van der Waals surface area contributed by atoms with Crippen LogP contribution in [-0.4, -0.2) is 6.04 Å². The third-order valence-corrected chi connectivity index (χ3v) is 2.36. The molecule has 1 atom stereocenters. The molecule has 3 rings (SSSR count). The first-order valence-electron chi connectivity index (χ1n) is 3.30. The molecule has 44 valence electrons. The normalized spacial score (nSPS) is 50.9. The van der Waals surface area contributed by atoms with Gasteiger partial charge in [0.1, 0.15) is 0 Å². The molecular weight excluding hydrogens is 98.1 g/mol. The molecule has 2 N–H and O–H groups in total. The fraction of sp³-hybridized carbons (Fsp3) is 0.714. The van der Waals surface area contributed by atoms with Crippen LogP contribution in [0.4, 0.5) is 0 Å². The van der Waals surface area contributed by atoms with E-state index in [0.717, 1.165) is 11.8 Å². The van der Waals surface area contributed by atoms with Gasteiger partial charge in [-0.1, -0.05) is 12.2 Å². The van der Waals surface area contributed by atoms with Crippen LogP contribution in [0.2, 0.25) is 0 Å². The summed E-state index contributed by atoms with van der Waals surface area (Å²) in [5.41, 5.74) is 5.73. The summed E-state index contributed by atoms with van der Waals surface area (Å²) < 4.78 is 0. The SMILES string of the molecule is N[C@@H]1C=CC2CC1C2. The molecule has 0 saturated heterocycles. The van der Waals surface area contributed by atoms with Gasteiger partial charge in [-0.15, -0.1) is 0 Å². The third kappa shape index (κ3) is 0.451. The van der Waals surface area contributed by atoms with Gasteiger partial charge in [0.05, 0.1) is 0 Å². The quantitative estimate of drug-likeness (QED) is 0.460. The molecule has 1 saturated carbocycles. The Kier molecular flexibility index (Phi) is 0.770. The lowest BCUT2D eigenvalue weighted by Gasteiger charge is -2.40. The van der Waals surface area contributed by atoms with E-state index in [9.17, 15) is 0 Å². The molecule has 1 fully saturated rings. The molecule has 0 radical (unpaired) electrons. The topological polar surface area (TPSA) is 26.0 Å². The van der Waals surface area contributed by atoms with Gasteiger partial charge < -0.3 is 5.73 Å². The molecule has 2 bridgehead atoms. The molecule has 0 aromatic rings. The second-order valence-electron chi connectivity index (χ2n) is 2.95. The van der Waals surface area contributed by atoms with E-state index in [0.29, 0.717) is 6.04 Å². The second-order valence-corrected chi connectivity index (χ2v) is 2.95. The van der Waals surface area contributed by atoms with Crippen molar-refractivity contribution in [1.82, 2.24) is 0 Å². The van der Waals surface area contributed by atoms with Gasteiger partial charge in [-0.3, -0.25) is 0 Å². The van der Waals surface area contributed by atoms with E-state index in [4.69, 9.17) is 5.73 Å². The lowest BCUT2D eigenvalue weighted by Crippen LogP contribution is -2.40. The molecule has 0 unspecified atom stereocenters. The summed E-state index contributed by atoms with van der Waals surface area (Å²) in [6, 6.07) is 0.389. The van der Waals surface area contributed by atoms with Crippen molar-refractivity contribution in [3.8, 4) is 0 Å². The molecular formula is C7H11N. The standard InChI is InChI=1S/C7H11N/c8-7-2-1-5-3-6(7)4-5/h1-2,5-7H,3-4,8H2/t5?,6?,7-/m1/s1. The Morgan fingerprint density at radius 3 is 2.25 bits per heavy atom. The van der Waals surface area contributed by atoms with Crippen LogP contribution >= 0.6 is 0 Å². The average Bonchev–Trinajstić information content (AvgIpc) is 1.62. The Morgan fingerprint density at radius 1 is 1.25 bits per heavy atom. The van der Waals surface area contributed by atoms with Gasteiger partial charge in [0.25, 0.3) is 0 Å². The number of allylic oxidation sites excluding steroid dienone is 1. The Balaban J connectivity index is 2.19. The molecule has 0 aliphatic heterocycles. The van der Waals surface area contributed by atoms with E-state index >= 15 is 0 Å². The van der Waals surface area contributed by atoms with Gasteiger partial charge in [-0.2, -0.15) is 0 Å². The van der Waals surface area contributed by atoms with Gasteiger partial charge in [0.15, 0.2) is 0 Å². The smallest absolute Gasteiger partial charge is 0.0252 e. The number of fused-ring (bicyclic) bond motifs is 1. The second kappa shape index (κ2) is 1.35. The van der Waals surface area contributed by atoms with Crippen molar-refractivity contribution < 1.29 is 0 Å². The maximum atomic E-state index is 5.73. The molecule has 0 amide bonds. The molecule has 3 aliphatic rings. The zero-order valence-electron chi connectivity index (χ0n) is 4.88. The summed E-state index contributed by atoms with van der Waals surface area (Å²) in [6.45, 7) is 0. The summed E-state index contributed by atoms with van der Waals surface area (Å²) >= 11 is 0. The van der Waals surface area contributed by atoms with Crippen LogP contribution in [0, 0.1) is 11.8 Å². The van der Waals surface area contributed by atoms with Crippen molar-refractivity contribution >= 4 is 0 Å². The molecule has 0 spiro atoms. The van der Waals surface area contributed by atoms with Crippen molar-refractivity contribution in [1.29, 1.82) is 0 Å². The first-order chi connectivity index (χ1) is 3.86. The van der Waals surface area contributed by atoms with Gasteiger partial charge in [0.2, 0.25) is 0 Å². The van der Waals surface area contributed by atoms with E-state index in [1.54, 1.807) is 0 Å². The minimum atomic E-state index is 0.389. The lowest BCUT2D eigenvalue weighted by molar-refractivity contribution is 0.201. The Morgan fingerprint density at radius 2 is 2.00 bits per heavy atom. The van der Waals surface area contributed by atoms with E-state index in [-0.39, 0.29) is 0 Å². The van der Waals surface area contributed by atoms with Crippen molar-refractivity contribution in [3.05, 3.63) is 12.2 Å². The number of hydrogen-bond donors (Lipinski definition) is 1. The van der Waals surface area contributed by atoms with Crippen molar-refractivity contribution in [2.24, 2.45) is 17.6 Å². The lowest BCUT2D eigenvalue weighted by atomic mass is 9.67. The average molecular weight is 109 g/mol. The largest absolute Gasteiger partial charge is 0.324 e. The van der Waals surface area contributed by atoms with Crippen molar-refractivity contribution in [2.45, 2.75) is 18.9 Å². The number of rotatable bonds is 0. The van der Waals surface area contributed by atoms with Gasteiger partial charge >= 0.3 is 0 Å². The molecule has 1 nitrogen and oxygen atoms in total. The van der Waals surface area contributed by atoms with Crippen LogP contribution in [-0.2, 0) is 0 Å². The maximum absolute atomic E-state index is 5.73. The minimum Gasteiger partial charge on any atom is -0.324 e. The van der Waals surface area contributed by atoms with Crippen LogP contribution in [0.1, 0.15) is 12.8 Å². The summed E-state index contributed by atoms with van der Waals surface area (Å²) in [4.78, 5) is 0. The van der Waals surface area contributed by atoms with Gasteiger partial charge in [0, 0.05) is 6.04 Å². The van der Waals surface area contributed by atoms with E-state index in [2.05, 4.69) is 12.2 Å². The van der Waals surface area contributed by atoms with Gasteiger partial charge in [-0.05, 0) is 24.7 Å². The van der Waals surface area contributed by atoms with E-state index < -0.39 is 0 Å². The fourth-order valence-corrected chi connectivity index (χ4v) is 1.62. The highest BCUT2D eigenvalue weighted by atomic mass is 14.7. The summed E-state index contributed by atoms with van der Waals surface area (Å²) in [6.07, 6.45) is 7.14. The highest BCUT2D eigenvalue weighted by Gasteiger charge is 2.34. The van der Waals surface area contributed by atoms with Gasteiger partial charge in [-0.25, -0.2) is 0 Å². The molecule has 3 aliphatic carbocycles. The summed E-state index contributed by atoms with van der Waals surface area (Å²) in [5, 5.41) is 0. The molecule has 8 heavy (non-hydrogen) atoms. The predicted octanol–water partition coefficient (Wildman–Crippen LogP) is 0.910. The predicted molar refractivity (Wildman–Crippen MR) is 33.3 cm³/mol. The summed E-state index contributed by atoms with van der Waals surface area (Å²) in [5.74, 6) is 1.74. The molecule has 0 aromatic carbocycles. The maximum Gasteiger partial charge on any atom is 0.0252 e. The first-order valence-corrected chi connectivity index (χ1v) is 3.30. The number of nitrogens with two attached hydrogens (primary N) is 1. The van der Waals surface area contributed by atoms with E-state index in [1.165, 1.54) is 12.8 Å². The Labute approximate surface area is 49.6 Å². The zero-order chi connectivity index (χ0) is 5.56. The van der Waals surface area contributed by atoms with Crippen LogP contribution < -0.4 is 5.73 Å². The summed E-state index contributed by atoms with van der Waals surface area (Å²) in [7, 11) is 0. The highest BCUT2D eigenvalue weighted by Crippen LogP contribution is 2.40.